The summed E-state index contributed by atoms with van der Waals surface area (Å²) in [5.41, 5.74) is 5.97. The fraction of sp³-hybridized carbons (Fsp3) is 0.545. The summed E-state index contributed by atoms with van der Waals surface area (Å²) in [6.07, 6.45) is 6.07. The first-order valence-electron chi connectivity index (χ1n) is 5.65. The molecule has 0 atom stereocenters. The van der Waals surface area contributed by atoms with E-state index >= 15 is 0 Å². The second kappa shape index (κ2) is 4.83. The molecule has 1 saturated carbocycles. The van der Waals surface area contributed by atoms with E-state index in [9.17, 15) is 4.79 Å². The Kier molecular flexibility index (Phi) is 3.42. The topological polar surface area (TPSA) is 64.2 Å². The van der Waals surface area contributed by atoms with Crippen LogP contribution in [0.25, 0.3) is 0 Å². The number of amides is 1. The molecule has 1 heterocycles. The van der Waals surface area contributed by atoms with Crippen molar-refractivity contribution >= 4 is 23.1 Å². The highest BCUT2D eigenvalue weighted by Crippen LogP contribution is 2.28. The highest BCUT2D eigenvalue weighted by molar-refractivity contribution is 7.80. The van der Waals surface area contributed by atoms with Crippen LogP contribution >= 0.6 is 12.2 Å². The van der Waals surface area contributed by atoms with Gasteiger partial charge in [0.1, 0.15) is 5.69 Å². The van der Waals surface area contributed by atoms with Crippen molar-refractivity contribution in [3.63, 3.8) is 0 Å². The zero-order valence-electron chi connectivity index (χ0n) is 9.80. The van der Waals surface area contributed by atoms with Crippen LogP contribution in [0.3, 0.4) is 0 Å². The monoisotopic (exact) mass is 252 g/mol. The average Bonchev–Trinajstić information content (AvgIpc) is 3.00. The molecule has 1 aliphatic carbocycles. The molecule has 1 aliphatic rings. The molecule has 2 rings (SSSR count). The van der Waals surface area contributed by atoms with Gasteiger partial charge in [0.05, 0.1) is 11.3 Å². The Hall–Kier alpha value is -1.43. The maximum atomic E-state index is 12.2. The third-order valence-electron chi connectivity index (χ3n) is 2.77. The molecule has 1 aromatic rings. The van der Waals surface area contributed by atoms with Crippen molar-refractivity contribution in [3.05, 3.63) is 18.2 Å². The van der Waals surface area contributed by atoms with E-state index in [0.29, 0.717) is 29.7 Å². The maximum Gasteiger partial charge on any atom is 0.274 e. The van der Waals surface area contributed by atoms with Crippen molar-refractivity contribution < 1.29 is 4.79 Å². The predicted octanol–water partition coefficient (Wildman–Crippen LogP) is 0.701. The van der Waals surface area contributed by atoms with Gasteiger partial charge in [-0.1, -0.05) is 12.2 Å². The number of thiocarbonyl (C=S) groups is 1. The quantitative estimate of drug-likeness (QED) is 0.784. The van der Waals surface area contributed by atoms with Crippen LogP contribution in [-0.2, 0) is 7.05 Å². The molecule has 2 N–H and O–H groups in total. The van der Waals surface area contributed by atoms with E-state index in [2.05, 4.69) is 4.98 Å². The number of carbonyl (C=O) groups excluding carboxylic acids is 1. The molecular formula is C11H16N4OS. The number of carbonyl (C=O) groups is 1. The summed E-state index contributed by atoms with van der Waals surface area (Å²) in [5, 5.41) is 0. The van der Waals surface area contributed by atoms with E-state index in [-0.39, 0.29) is 5.91 Å². The number of rotatable bonds is 5. The molecule has 0 unspecified atom stereocenters. The number of nitrogens with zero attached hydrogens (tertiary/aromatic N) is 3. The summed E-state index contributed by atoms with van der Waals surface area (Å²) in [7, 11) is 1.85. The largest absolute Gasteiger partial charge is 0.393 e. The summed E-state index contributed by atoms with van der Waals surface area (Å²) in [5.74, 6) is -0.0237. The molecule has 92 valence electrons. The van der Waals surface area contributed by atoms with Crippen molar-refractivity contribution in [2.24, 2.45) is 12.8 Å². The third kappa shape index (κ3) is 3.03. The Bertz CT molecular complexity index is 438. The second-order valence-electron chi connectivity index (χ2n) is 4.37. The van der Waals surface area contributed by atoms with Gasteiger partial charge in [-0.05, 0) is 12.8 Å². The first-order valence-corrected chi connectivity index (χ1v) is 6.06. The normalized spacial score (nSPS) is 14.6. The Morgan fingerprint density at radius 3 is 2.88 bits per heavy atom. The molecule has 1 fully saturated rings. The maximum absolute atomic E-state index is 12.2. The Balaban J connectivity index is 2.05. The Morgan fingerprint density at radius 1 is 1.71 bits per heavy atom. The molecule has 5 nitrogen and oxygen atoms in total. The molecule has 6 heteroatoms. The molecule has 0 radical (unpaired) electrons. The van der Waals surface area contributed by atoms with Crippen molar-refractivity contribution in [1.82, 2.24) is 14.5 Å². The van der Waals surface area contributed by atoms with Gasteiger partial charge in [-0.15, -0.1) is 0 Å². The van der Waals surface area contributed by atoms with Gasteiger partial charge >= 0.3 is 0 Å². The third-order valence-corrected chi connectivity index (χ3v) is 2.98. The molecule has 0 aromatic carbocycles. The number of hydrogen-bond donors (Lipinski definition) is 1. The number of imidazole rings is 1. The van der Waals surface area contributed by atoms with E-state index < -0.39 is 0 Å². The molecule has 0 aliphatic heterocycles. The summed E-state index contributed by atoms with van der Waals surface area (Å²) >= 11 is 4.85. The van der Waals surface area contributed by atoms with Gasteiger partial charge in [0.15, 0.2) is 0 Å². The number of nitrogens with two attached hydrogens (primary N) is 1. The first kappa shape index (κ1) is 12.0. The summed E-state index contributed by atoms with van der Waals surface area (Å²) in [6, 6.07) is 0.346. The van der Waals surface area contributed by atoms with E-state index in [1.807, 2.05) is 11.9 Å². The van der Waals surface area contributed by atoms with Crippen LogP contribution in [-0.4, -0.2) is 37.9 Å². The molecule has 1 aromatic heterocycles. The van der Waals surface area contributed by atoms with Gasteiger partial charge in [0.25, 0.3) is 5.91 Å². The highest BCUT2D eigenvalue weighted by Gasteiger charge is 2.33. The molecule has 0 saturated heterocycles. The standard InChI is InChI=1S/C11H16N4OS/c1-14-6-9(13-7-14)11(16)15(8-2-3-8)5-4-10(12)17/h6-8H,2-5H2,1H3,(H2,12,17). The van der Waals surface area contributed by atoms with Crippen LogP contribution in [0.4, 0.5) is 0 Å². The molecule has 17 heavy (non-hydrogen) atoms. The summed E-state index contributed by atoms with van der Waals surface area (Å²) in [4.78, 5) is 18.6. The summed E-state index contributed by atoms with van der Waals surface area (Å²) in [6.45, 7) is 0.593. The van der Waals surface area contributed by atoms with Crippen molar-refractivity contribution in [3.8, 4) is 0 Å². The molecule has 0 bridgehead atoms. The van der Waals surface area contributed by atoms with Crippen LogP contribution in [0.5, 0.6) is 0 Å². The fourth-order valence-electron chi connectivity index (χ4n) is 1.74. The Morgan fingerprint density at radius 2 is 2.41 bits per heavy atom. The van der Waals surface area contributed by atoms with Crippen molar-refractivity contribution in [2.75, 3.05) is 6.54 Å². The van der Waals surface area contributed by atoms with Gasteiger partial charge in [-0.25, -0.2) is 4.98 Å². The van der Waals surface area contributed by atoms with Crippen LogP contribution in [0.2, 0.25) is 0 Å². The lowest BCUT2D eigenvalue weighted by atomic mass is 10.3. The number of hydrogen-bond acceptors (Lipinski definition) is 3. The SMILES string of the molecule is Cn1cnc(C(=O)N(CCC(N)=S)C2CC2)c1. The van der Waals surface area contributed by atoms with Crippen LogP contribution < -0.4 is 5.73 Å². The smallest absolute Gasteiger partial charge is 0.274 e. The molecule has 0 spiro atoms. The minimum Gasteiger partial charge on any atom is -0.393 e. The van der Waals surface area contributed by atoms with E-state index in [1.165, 1.54) is 0 Å². The molecular weight excluding hydrogens is 236 g/mol. The van der Waals surface area contributed by atoms with E-state index in [1.54, 1.807) is 17.1 Å². The number of aromatic nitrogens is 2. The zero-order chi connectivity index (χ0) is 12.4. The van der Waals surface area contributed by atoms with Gasteiger partial charge < -0.3 is 15.2 Å². The highest BCUT2D eigenvalue weighted by atomic mass is 32.1. The second-order valence-corrected chi connectivity index (χ2v) is 4.89. The number of aryl methyl sites for hydroxylation is 1. The van der Waals surface area contributed by atoms with E-state index in [0.717, 1.165) is 12.8 Å². The minimum absolute atomic E-state index is 0.0237. The van der Waals surface area contributed by atoms with E-state index in [4.69, 9.17) is 18.0 Å². The lowest BCUT2D eigenvalue weighted by Gasteiger charge is -2.21. The van der Waals surface area contributed by atoms with Gasteiger partial charge in [-0.3, -0.25) is 4.79 Å². The Labute approximate surface area is 106 Å². The van der Waals surface area contributed by atoms with Gasteiger partial charge in [0.2, 0.25) is 0 Å². The van der Waals surface area contributed by atoms with Gasteiger partial charge in [0, 0.05) is 32.3 Å². The first-order chi connectivity index (χ1) is 8.08. The zero-order valence-corrected chi connectivity index (χ0v) is 10.6. The minimum atomic E-state index is -0.0237. The van der Waals surface area contributed by atoms with Gasteiger partial charge in [-0.2, -0.15) is 0 Å². The van der Waals surface area contributed by atoms with Crippen molar-refractivity contribution in [1.29, 1.82) is 0 Å². The summed E-state index contributed by atoms with van der Waals surface area (Å²) < 4.78 is 1.77. The van der Waals surface area contributed by atoms with Crippen LogP contribution in [0, 0.1) is 0 Å². The fourth-order valence-corrected chi connectivity index (χ4v) is 1.83. The van der Waals surface area contributed by atoms with Crippen LogP contribution in [0.15, 0.2) is 12.5 Å². The average molecular weight is 252 g/mol. The predicted molar refractivity (Wildman–Crippen MR) is 68.7 cm³/mol. The lowest BCUT2D eigenvalue weighted by molar-refractivity contribution is 0.0742. The molecule has 1 amide bonds. The van der Waals surface area contributed by atoms with Crippen LogP contribution in [0.1, 0.15) is 29.8 Å². The van der Waals surface area contributed by atoms with Crippen molar-refractivity contribution in [2.45, 2.75) is 25.3 Å². The lowest BCUT2D eigenvalue weighted by Crippen LogP contribution is -2.35.